The summed E-state index contributed by atoms with van der Waals surface area (Å²) in [5.41, 5.74) is 2.46. The van der Waals surface area contributed by atoms with Crippen LogP contribution in [0.25, 0.3) is 0 Å². The van der Waals surface area contributed by atoms with Crippen LogP contribution < -0.4 is 19.6 Å². The number of carbonyl (C=O) groups excluding carboxylic acids is 1. The molecule has 0 radical (unpaired) electrons. The zero-order valence-electron chi connectivity index (χ0n) is 19.3. The third-order valence-corrected chi connectivity index (χ3v) is 8.19. The van der Waals surface area contributed by atoms with Crippen molar-refractivity contribution in [1.82, 2.24) is 9.84 Å². The van der Waals surface area contributed by atoms with Crippen LogP contribution in [0, 0.1) is 0 Å². The first kappa shape index (κ1) is 25.0. The molecule has 36 heavy (non-hydrogen) atoms. The first-order chi connectivity index (χ1) is 17.1. The van der Waals surface area contributed by atoms with E-state index in [-0.39, 0.29) is 32.5 Å². The third kappa shape index (κ3) is 4.45. The van der Waals surface area contributed by atoms with E-state index < -0.39 is 26.0 Å². The number of hydrogen-bond donors (Lipinski definition) is 1. The maximum absolute atomic E-state index is 13.6. The number of carbonyl (C=O) groups is 1. The van der Waals surface area contributed by atoms with Crippen molar-refractivity contribution in [3.63, 3.8) is 0 Å². The Hall–Kier alpha value is -4.10. The minimum atomic E-state index is -4.57. The third-order valence-electron chi connectivity index (χ3n) is 5.25. The first-order valence-electron chi connectivity index (χ1n) is 10.3. The second-order valence-corrected chi connectivity index (χ2v) is 10.7. The minimum absolute atomic E-state index is 0.0769. The van der Waals surface area contributed by atoms with Crippen LogP contribution in [0.4, 0.5) is 0 Å². The van der Waals surface area contributed by atoms with E-state index in [2.05, 4.69) is 9.82 Å². The molecule has 1 heterocycles. The molecule has 188 valence electrons. The standard InChI is InChI=1S/C23H21N3O8S2/c1-32-16-9-11-17(12-10-16)36(30,31)26(23(27)15-8-13-19(33-2)20(14-15)34-3)24-22-18-6-4-5-7-21(18)35(28,29)25-22/h4-14H,1-3H3,(H,24,25). The van der Waals surface area contributed by atoms with Crippen LogP contribution >= 0.6 is 0 Å². The molecule has 0 bridgehead atoms. The summed E-state index contributed by atoms with van der Waals surface area (Å²) in [6.07, 6.45) is 0. The highest BCUT2D eigenvalue weighted by Crippen LogP contribution is 2.30. The maximum Gasteiger partial charge on any atom is 0.287 e. The number of nitrogens with zero attached hydrogens (tertiary/aromatic N) is 2. The number of sulfonamides is 2. The summed E-state index contributed by atoms with van der Waals surface area (Å²) >= 11 is 0. The SMILES string of the molecule is COc1ccc(S(=O)(=O)N(NC2=NS(=O)(=O)c3ccccc32)C(=O)c2ccc(OC)c(OC)c2)cc1. The van der Waals surface area contributed by atoms with Crippen molar-refractivity contribution in [3.05, 3.63) is 77.9 Å². The molecule has 0 atom stereocenters. The minimum Gasteiger partial charge on any atom is -0.497 e. The molecule has 0 unspecified atom stereocenters. The summed E-state index contributed by atoms with van der Waals surface area (Å²) in [5, 5.41) is 0. The molecule has 1 aliphatic rings. The fourth-order valence-corrected chi connectivity index (χ4v) is 5.83. The van der Waals surface area contributed by atoms with Gasteiger partial charge < -0.3 is 14.2 Å². The normalized spacial score (nSPS) is 13.8. The van der Waals surface area contributed by atoms with E-state index in [4.69, 9.17) is 14.2 Å². The van der Waals surface area contributed by atoms with E-state index in [1.165, 1.54) is 82.0 Å². The van der Waals surface area contributed by atoms with Gasteiger partial charge in [-0.25, -0.2) is 0 Å². The number of ether oxygens (including phenoxy) is 3. The Morgan fingerprint density at radius 1 is 0.889 bits per heavy atom. The average molecular weight is 532 g/mol. The summed E-state index contributed by atoms with van der Waals surface area (Å²) in [6, 6.07) is 15.3. The van der Waals surface area contributed by atoms with Crippen LogP contribution in [-0.2, 0) is 20.0 Å². The molecule has 0 aliphatic carbocycles. The van der Waals surface area contributed by atoms with Gasteiger partial charge in [-0.05, 0) is 54.6 Å². The Balaban J connectivity index is 1.83. The second kappa shape index (κ2) is 9.51. The van der Waals surface area contributed by atoms with Gasteiger partial charge in [0.15, 0.2) is 17.3 Å². The number of hydrazine groups is 1. The fourth-order valence-electron chi connectivity index (χ4n) is 3.44. The fraction of sp³-hybridized carbons (Fsp3) is 0.130. The summed E-state index contributed by atoms with van der Waals surface area (Å²) in [7, 11) is -4.45. The highest BCUT2D eigenvalue weighted by molar-refractivity contribution is 7.91. The highest BCUT2D eigenvalue weighted by Gasteiger charge is 2.36. The highest BCUT2D eigenvalue weighted by atomic mass is 32.2. The van der Waals surface area contributed by atoms with Crippen molar-refractivity contribution in [2.45, 2.75) is 9.79 Å². The predicted molar refractivity (Wildman–Crippen MR) is 129 cm³/mol. The van der Waals surface area contributed by atoms with Crippen LogP contribution in [0.5, 0.6) is 17.2 Å². The van der Waals surface area contributed by atoms with Gasteiger partial charge >= 0.3 is 0 Å². The molecular weight excluding hydrogens is 510 g/mol. The van der Waals surface area contributed by atoms with Crippen molar-refractivity contribution in [1.29, 1.82) is 0 Å². The van der Waals surface area contributed by atoms with Crippen LogP contribution in [0.1, 0.15) is 15.9 Å². The van der Waals surface area contributed by atoms with Gasteiger partial charge in [-0.1, -0.05) is 12.1 Å². The van der Waals surface area contributed by atoms with Crippen LogP contribution in [0.2, 0.25) is 0 Å². The number of amidine groups is 1. The van der Waals surface area contributed by atoms with Gasteiger partial charge in [0.25, 0.3) is 26.0 Å². The van der Waals surface area contributed by atoms with Crippen molar-refractivity contribution in [2.24, 2.45) is 4.40 Å². The maximum atomic E-state index is 13.6. The van der Waals surface area contributed by atoms with Gasteiger partial charge in [0, 0.05) is 11.1 Å². The Morgan fingerprint density at radius 3 is 2.19 bits per heavy atom. The van der Waals surface area contributed by atoms with Gasteiger partial charge in [-0.3, -0.25) is 10.2 Å². The monoisotopic (exact) mass is 531 g/mol. The van der Waals surface area contributed by atoms with Crippen molar-refractivity contribution >= 4 is 31.8 Å². The molecule has 13 heteroatoms. The van der Waals surface area contributed by atoms with Crippen LogP contribution in [0.15, 0.2) is 80.9 Å². The van der Waals surface area contributed by atoms with Gasteiger partial charge in [-0.2, -0.15) is 16.8 Å². The first-order valence-corrected chi connectivity index (χ1v) is 13.2. The van der Waals surface area contributed by atoms with E-state index in [0.717, 1.165) is 0 Å². The average Bonchev–Trinajstić information content (AvgIpc) is 3.16. The lowest BCUT2D eigenvalue weighted by molar-refractivity contribution is 0.0837. The molecule has 1 aliphatic heterocycles. The lowest BCUT2D eigenvalue weighted by Gasteiger charge is -2.24. The van der Waals surface area contributed by atoms with Crippen LogP contribution in [0.3, 0.4) is 0 Å². The lowest BCUT2D eigenvalue weighted by Crippen LogP contribution is -2.49. The molecule has 4 rings (SSSR count). The molecule has 3 aromatic carbocycles. The quantitative estimate of drug-likeness (QED) is 0.474. The Kier molecular flexibility index (Phi) is 6.61. The molecule has 1 amide bonds. The number of rotatable bonds is 6. The molecule has 0 aromatic heterocycles. The Bertz CT molecular complexity index is 1570. The Morgan fingerprint density at radius 2 is 1.56 bits per heavy atom. The second-order valence-electron chi connectivity index (χ2n) is 7.34. The summed E-state index contributed by atoms with van der Waals surface area (Å²) < 4.78 is 71.7. The van der Waals surface area contributed by atoms with Crippen molar-refractivity contribution in [3.8, 4) is 17.2 Å². The number of fused-ring (bicyclic) bond motifs is 1. The van der Waals surface area contributed by atoms with Gasteiger partial charge in [0.1, 0.15) is 10.6 Å². The molecular formula is C23H21N3O8S2. The molecule has 11 nitrogen and oxygen atoms in total. The smallest absolute Gasteiger partial charge is 0.287 e. The van der Waals surface area contributed by atoms with E-state index >= 15 is 0 Å². The van der Waals surface area contributed by atoms with Crippen LogP contribution in [-0.4, -0.2) is 54.3 Å². The largest absolute Gasteiger partial charge is 0.497 e. The van der Waals surface area contributed by atoms with Crippen molar-refractivity contribution in [2.75, 3.05) is 21.3 Å². The molecule has 0 saturated heterocycles. The number of nitrogens with one attached hydrogen (secondary N) is 1. The van der Waals surface area contributed by atoms with E-state index in [1.807, 2.05) is 0 Å². The summed E-state index contributed by atoms with van der Waals surface area (Å²) in [4.78, 5) is 13.2. The zero-order chi connectivity index (χ0) is 26.1. The van der Waals surface area contributed by atoms with Gasteiger partial charge in [0.2, 0.25) is 0 Å². The number of amides is 1. The predicted octanol–water partition coefficient (Wildman–Crippen LogP) is 2.20. The topological polar surface area (TPSA) is 141 Å². The van der Waals surface area contributed by atoms with Gasteiger partial charge in [0.05, 0.1) is 26.2 Å². The van der Waals surface area contributed by atoms with Crippen molar-refractivity contribution < 1.29 is 35.8 Å². The molecule has 1 N–H and O–H groups in total. The molecule has 0 spiro atoms. The summed E-state index contributed by atoms with van der Waals surface area (Å²) in [5.74, 6) is -0.421. The van der Waals surface area contributed by atoms with E-state index in [9.17, 15) is 21.6 Å². The molecule has 0 saturated carbocycles. The lowest BCUT2D eigenvalue weighted by atomic mass is 10.2. The number of hydrogen-bond acceptors (Lipinski definition) is 9. The summed E-state index contributed by atoms with van der Waals surface area (Å²) in [6.45, 7) is 0. The molecule has 0 fully saturated rings. The van der Waals surface area contributed by atoms with E-state index in [1.54, 1.807) is 6.07 Å². The number of methoxy groups -OCH3 is 3. The zero-order valence-corrected chi connectivity index (χ0v) is 21.0. The number of benzene rings is 3. The Labute approximate surface area is 208 Å². The van der Waals surface area contributed by atoms with E-state index in [0.29, 0.717) is 15.9 Å². The van der Waals surface area contributed by atoms with Gasteiger partial charge in [-0.15, -0.1) is 8.81 Å². The molecule has 3 aromatic rings.